The second kappa shape index (κ2) is 5.52. The van der Waals surface area contributed by atoms with Crippen LogP contribution in [0.15, 0.2) is 40.2 Å². The Morgan fingerprint density at radius 3 is 2.26 bits per heavy atom. The third kappa shape index (κ3) is 3.71. The van der Waals surface area contributed by atoms with Crippen molar-refractivity contribution in [2.45, 2.75) is 12.4 Å². The Morgan fingerprint density at radius 1 is 1.16 bits per heavy atom. The molecule has 0 saturated carbocycles. The lowest BCUT2D eigenvalue weighted by Crippen LogP contribution is -2.17. The molecule has 0 bridgehead atoms. The van der Waals surface area contributed by atoms with Crippen molar-refractivity contribution < 1.29 is 17.9 Å². The molecule has 0 spiro atoms. The van der Waals surface area contributed by atoms with Gasteiger partial charge in [0.25, 0.3) is 0 Å². The van der Waals surface area contributed by atoms with Crippen LogP contribution in [-0.4, -0.2) is 6.36 Å². The van der Waals surface area contributed by atoms with Gasteiger partial charge in [-0.05, 0) is 45.1 Å². The Hall–Kier alpha value is -1.05. The van der Waals surface area contributed by atoms with E-state index in [4.69, 9.17) is 5.73 Å². The van der Waals surface area contributed by atoms with E-state index in [1.54, 1.807) is 0 Å². The first-order valence-corrected chi connectivity index (χ1v) is 6.88. The van der Waals surface area contributed by atoms with Crippen LogP contribution in [0.5, 0.6) is 5.75 Å². The van der Waals surface area contributed by atoms with Crippen molar-refractivity contribution in [1.29, 1.82) is 0 Å². The number of hydrogen-bond acceptors (Lipinski definition) is 3. The minimum absolute atomic E-state index is 0.256. The van der Waals surface area contributed by atoms with Gasteiger partial charge in [-0.15, -0.1) is 24.5 Å². The first-order valence-electron chi connectivity index (χ1n) is 5.21. The highest BCUT2D eigenvalue weighted by molar-refractivity contribution is 9.10. The largest absolute Gasteiger partial charge is 0.573 e. The van der Waals surface area contributed by atoms with Gasteiger partial charge in [0.2, 0.25) is 0 Å². The lowest BCUT2D eigenvalue weighted by Gasteiger charge is -2.13. The van der Waals surface area contributed by atoms with Gasteiger partial charge >= 0.3 is 6.36 Å². The molecular weight excluding hydrogens is 343 g/mol. The van der Waals surface area contributed by atoms with Crippen LogP contribution >= 0.6 is 27.3 Å². The molecule has 0 amide bonds. The number of hydrogen-bond donors (Lipinski definition) is 1. The lowest BCUT2D eigenvalue weighted by atomic mass is 10.1. The first-order chi connectivity index (χ1) is 8.87. The number of thiophene rings is 1. The molecule has 102 valence electrons. The molecule has 0 saturated heterocycles. The van der Waals surface area contributed by atoms with Crippen LogP contribution < -0.4 is 10.5 Å². The maximum absolute atomic E-state index is 12.0. The average Bonchev–Trinajstić information content (AvgIpc) is 2.73. The Bertz CT molecular complexity index is 553. The van der Waals surface area contributed by atoms with Crippen LogP contribution in [0.2, 0.25) is 0 Å². The van der Waals surface area contributed by atoms with E-state index in [1.807, 2.05) is 11.4 Å². The van der Waals surface area contributed by atoms with E-state index in [0.717, 1.165) is 14.9 Å². The van der Waals surface area contributed by atoms with Crippen molar-refractivity contribution in [3.05, 3.63) is 50.6 Å². The summed E-state index contributed by atoms with van der Waals surface area (Å²) in [7, 11) is 0. The quantitative estimate of drug-likeness (QED) is 0.885. The van der Waals surface area contributed by atoms with Crippen LogP contribution in [0, 0.1) is 0 Å². The highest BCUT2D eigenvalue weighted by Gasteiger charge is 2.31. The molecule has 0 aliphatic heterocycles. The maximum atomic E-state index is 12.0. The van der Waals surface area contributed by atoms with E-state index in [2.05, 4.69) is 20.7 Å². The number of halogens is 4. The monoisotopic (exact) mass is 351 g/mol. The fourth-order valence-electron chi connectivity index (χ4n) is 1.56. The van der Waals surface area contributed by atoms with Crippen molar-refractivity contribution in [2.75, 3.05) is 0 Å². The summed E-state index contributed by atoms with van der Waals surface area (Å²) in [6, 6.07) is 7.06. The van der Waals surface area contributed by atoms with E-state index >= 15 is 0 Å². The smallest absolute Gasteiger partial charge is 0.406 e. The van der Waals surface area contributed by atoms with Gasteiger partial charge in [0.15, 0.2) is 0 Å². The molecule has 0 aliphatic carbocycles. The molecule has 0 fully saturated rings. The number of benzene rings is 1. The summed E-state index contributed by atoms with van der Waals surface area (Å²) >= 11 is 4.86. The van der Waals surface area contributed by atoms with Gasteiger partial charge in [0.1, 0.15) is 5.75 Å². The number of alkyl halides is 3. The molecule has 2 rings (SSSR count). The maximum Gasteiger partial charge on any atom is 0.573 e. The zero-order valence-corrected chi connectivity index (χ0v) is 11.8. The predicted octanol–water partition coefficient (Wildman–Crippen LogP) is 4.46. The Balaban J connectivity index is 2.17. The van der Waals surface area contributed by atoms with Crippen molar-refractivity contribution >= 4 is 27.3 Å². The molecule has 2 aromatic rings. The second-order valence-electron chi connectivity index (χ2n) is 3.73. The molecule has 7 heteroatoms. The Kier molecular flexibility index (Phi) is 4.17. The predicted molar refractivity (Wildman–Crippen MR) is 71.2 cm³/mol. The fraction of sp³-hybridized carbons (Fsp3) is 0.167. The first kappa shape index (κ1) is 14.4. The Labute approximate surface area is 120 Å². The summed E-state index contributed by atoms with van der Waals surface area (Å²) in [6.07, 6.45) is -4.68. The topological polar surface area (TPSA) is 35.2 Å². The third-order valence-electron chi connectivity index (χ3n) is 2.40. The highest BCUT2D eigenvalue weighted by atomic mass is 79.9. The van der Waals surface area contributed by atoms with Gasteiger partial charge in [0, 0.05) is 9.35 Å². The molecule has 1 heterocycles. The van der Waals surface area contributed by atoms with Crippen LogP contribution in [0.4, 0.5) is 13.2 Å². The molecule has 2 nitrogen and oxygen atoms in total. The molecule has 0 aliphatic rings. The number of rotatable bonds is 3. The van der Waals surface area contributed by atoms with Gasteiger partial charge in [-0.1, -0.05) is 12.1 Å². The summed E-state index contributed by atoms with van der Waals surface area (Å²) in [5.41, 5.74) is 6.78. The summed E-state index contributed by atoms with van der Waals surface area (Å²) in [5.74, 6) is -0.256. The molecule has 1 aromatic carbocycles. The van der Waals surface area contributed by atoms with Crippen molar-refractivity contribution in [3.63, 3.8) is 0 Å². The molecule has 19 heavy (non-hydrogen) atoms. The SMILES string of the molecule is NC(c1ccc(OC(F)(F)F)cc1)c1sccc1Br. The van der Waals surface area contributed by atoms with E-state index in [-0.39, 0.29) is 11.8 Å². The lowest BCUT2D eigenvalue weighted by molar-refractivity contribution is -0.274. The van der Waals surface area contributed by atoms with E-state index in [1.165, 1.54) is 35.6 Å². The summed E-state index contributed by atoms with van der Waals surface area (Å²) in [4.78, 5) is 0.921. The van der Waals surface area contributed by atoms with Crippen molar-refractivity contribution in [1.82, 2.24) is 0 Å². The van der Waals surface area contributed by atoms with E-state index in [0.29, 0.717) is 0 Å². The molecular formula is C12H9BrF3NOS. The normalized spacial score (nSPS) is 13.3. The van der Waals surface area contributed by atoms with Crippen LogP contribution in [0.25, 0.3) is 0 Å². The number of nitrogens with two attached hydrogens (primary N) is 1. The van der Waals surface area contributed by atoms with Crippen LogP contribution in [0.1, 0.15) is 16.5 Å². The molecule has 1 unspecified atom stereocenters. The van der Waals surface area contributed by atoms with Gasteiger partial charge in [-0.3, -0.25) is 0 Å². The van der Waals surface area contributed by atoms with Crippen LogP contribution in [-0.2, 0) is 0 Å². The van der Waals surface area contributed by atoms with Gasteiger partial charge in [-0.25, -0.2) is 0 Å². The average molecular weight is 352 g/mol. The van der Waals surface area contributed by atoms with E-state index < -0.39 is 6.36 Å². The highest BCUT2D eigenvalue weighted by Crippen LogP contribution is 2.32. The minimum atomic E-state index is -4.68. The molecule has 2 N–H and O–H groups in total. The van der Waals surface area contributed by atoms with Gasteiger partial charge in [0.05, 0.1) is 6.04 Å². The third-order valence-corrected chi connectivity index (χ3v) is 4.35. The van der Waals surface area contributed by atoms with Gasteiger partial charge < -0.3 is 10.5 Å². The zero-order chi connectivity index (χ0) is 14.0. The molecule has 1 aromatic heterocycles. The number of ether oxygens (including phenoxy) is 1. The second-order valence-corrected chi connectivity index (χ2v) is 5.53. The fourth-order valence-corrected chi connectivity index (χ4v) is 3.20. The zero-order valence-electron chi connectivity index (χ0n) is 9.45. The molecule has 1 atom stereocenters. The van der Waals surface area contributed by atoms with Crippen LogP contribution in [0.3, 0.4) is 0 Å². The van der Waals surface area contributed by atoms with Crippen molar-refractivity contribution in [2.24, 2.45) is 5.73 Å². The van der Waals surface area contributed by atoms with E-state index in [9.17, 15) is 13.2 Å². The summed E-state index contributed by atoms with van der Waals surface area (Å²) in [5, 5.41) is 1.89. The summed E-state index contributed by atoms with van der Waals surface area (Å²) < 4.78 is 40.8. The Morgan fingerprint density at radius 2 is 1.79 bits per heavy atom. The summed E-state index contributed by atoms with van der Waals surface area (Å²) in [6.45, 7) is 0. The van der Waals surface area contributed by atoms with Crippen molar-refractivity contribution in [3.8, 4) is 5.75 Å². The standard InChI is InChI=1S/C12H9BrF3NOS/c13-9-5-6-19-11(9)10(17)7-1-3-8(4-2-7)18-12(14,15)16/h1-6,10H,17H2. The minimum Gasteiger partial charge on any atom is -0.406 e. The van der Waals surface area contributed by atoms with Gasteiger partial charge in [-0.2, -0.15) is 0 Å². The molecule has 0 radical (unpaired) electrons.